The highest BCUT2D eigenvalue weighted by molar-refractivity contribution is 7.80. The fourth-order valence-corrected chi connectivity index (χ4v) is 0.357. The maximum atomic E-state index is 8.64. The summed E-state index contributed by atoms with van der Waals surface area (Å²) in [6, 6.07) is 0. The molecule has 0 heterocycles. The summed E-state index contributed by atoms with van der Waals surface area (Å²) in [5, 5.41) is 12.5. The molecular weight excluding hydrogens is 136 g/mol. The molecule has 0 aliphatic rings. The molecule has 4 heteroatoms. The van der Waals surface area contributed by atoms with Gasteiger partial charge in [0.25, 0.3) is 0 Å². The van der Waals surface area contributed by atoms with E-state index in [0.29, 0.717) is 11.7 Å². The highest BCUT2D eigenvalue weighted by Gasteiger charge is 1.94. The second-order valence-corrected chi connectivity index (χ2v) is 1.89. The normalized spacial score (nSPS) is 8.22. The van der Waals surface area contributed by atoms with Crippen molar-refractivity contribution in [3.63, 3.8) is 0 Å². The van der Waals surface area contributed by atoms with E-state index in [1.165, 1.54) is 7.05 Å². The van der Waals surface area contributed by atoms with Gasteiger partial charge in [0.15, 0.2) is 5.11 Å². The van der Waals surface area contributed by atoms with E-state index in [2.05, 4.69) is 24.1 Å². The summed E-state index contributed by atoms with van der Waals surface area (Å²) >= 11 is 4.66. The van der Waals surface area contributed by atoms with Gasteiger partial charge < -0.3 is 5.32 Å². The van der Waals surface area contributed by atoms with Crippen LogP contribution >= 0.6 is 12.2 Å². The van der Waals surface area contributed by atoms with Gasteiger partial charge in [0.2, 0.25) is 0 Å². The molecule has 0 amide bonds. The quantitative estimate of drug-likeness (QED) is 0.335. The van der Waals surface area contributed by atoms with Gasteiger partial charge in [-0.25, -0.2) is 5.06 Å². The zero-order valence-corrected chi connectivity index (χ0v) is 6.11. The van der Waals surface area contributed by atoms with Crippen LogP contribution in [0.5, 0.6) is 0 Å². The maximum Gasteiger partial charge on any atom is 0.192 e. The van der Waals surface area contributed by atoms with E-state index in [0.717, 1.165) is 5.06 Å². The summed E-state index contributed by atoms with van der Waals surface area (Å²) < 4.78 is 0. The first-order chi connectivity index (χ1) is 4.18. The summed E-state index contributed by atoms with van der Waals surface area (Å²) in [5.74, 6) is 0. The molecule has 0 aromatic rings. The van der Waals surface area contributed by atoms with Crippen molar-refractivity contribution in [1.29, 1.82) is 0 Å². The lowest BCUT2D eigenvalue weighted by atomic mass is 10.6. The molecule has 0 saturated heterocycles. The molecule has 0 bridgehead atoms. The van der Waals surface area contributed by atoms with Crippen molar-refractivity contribution in [2.45, 2.75) is 0 Å². The molecule has 3 nitrogen and oxygen atoms in total. The van der Waals surface area contributed by atoms with Gasteiger partial charge in [0.1, 0.15) is 0 Å². The molecule has 0 saturated carbocycles. The number of hydroxylamine groups is 2. The average molecular weight is 146 g/mol. The Hall–Kier alpha value is -0.610. The minimum atomic E-state index is 0.301. The van der Waals surface area contributed by atoms with Crippen LogP contribution in [-0.2, 0) is 0 Å². The lowest BCUT2D eigenvalue weighted by Crippen LogP contribution is -2.34. The Morgan fingerprint density at radius 3 is 2.89 bits per heavy atom. The van der Waals surface area contributed by atoms with Crippen molar-refractivity contribution in [2.24, 2.45) is 0 Å². The van der Waals surface area contributed by atoms with Gasteiger partial charge in [-0.2, -0.15) is 0 Å². The number of thiocarbonyl (C=S) groups is 1. The van der Waals surface area contributed by atoms with E-state index in [1.54, 1.807) is 6.08 Å². The second-order valence-electron chi connectivity index (χ2n) is 1.50. The van der Waals surface area contributed by atoms with Crippen molar-refractivity contribution in [1.82, 2.24) is 10.4 Å². The summed E-state index contributed by atoms with van der Waals surface area (Å²) in [5.41, 5.74) is 0. The van der Waals surface area contributed by atoms with Crippen LogP contribution in [0.2, 0.25) is 0 Å². The third kappa shape index (κ3) is 3.93. The monoisotopic (exact) mass is 146 g/mol. The Morgan fingerprint density at radius 1 is 2.00 bits per heavy atom. The van der Waals surface area contributed by atoms with Gasteiger partial charge in [0, 0.05) is 13.6 Å². The summed E-state index contributed by atoms with van der Waals surface area (Å²) in [6.07, 6.45) is 1.66. The number of hydrogen-bond donors (Lipinski definition) is 2. The van der Waals surface area contributed by atoms with Gasteiger partial charge in [0.05, 0.1) is 0 Å². The van der Waals surface area contributed by atoms with Crippen molar-refractivity contribution >= 4 is 17.3 Å². The molecule has 0 aliphatic carbocycles. The van der Waals surface area contributed by atoms with Gasteiger partial charge >= 0.3 is 0 Å². The first kappa shape index (κ1) is 8.39. The van der Waals surface area contributed by atoms with Crippen molar-refractivity contribution in [3.05, 3.63) is 12.7 Å². The van der Waals surface area contributed by atoms with Crippen LogP contribution in [0, 0.1) is 0 Å². The summed E-state index contributed by atoms with van der Waals surface area (Å²) in [6.45, 7) is 4.04. The number of rotatable bonds is 2. The van der Waals surface area contributed by atoms with E-state index in [9.17, 15) is 0 Å². The fourth-order valence-electron chi connectivity index (χ4n) is 0.274. The molecule has 0 radical (unpaired) electrons. The van der Waals surface area contributed by atoms with Gasteiger partial charge in [-0.15, -0.1) is 6.58 Å². The molecule has 0 aromatic carbocycles. The smallest absolute Gasteiger partial charge is 0.192 e. The van der Waals surface area contributed by atoms with Crippen molar-refractivity contribution < 1.29 is 5.21 Å². The van der Waals surface area contributed by atoms with Crippen LogP contribution in [0.4, 0.5) is 0 Å². The van der Waals surface area contributed by atoms with Gasteiger partial charge in [-0.1, -0.05) is 6.08 Å². The standard InChI is InChI=1S/C5H10N2OS/c1-3-4-6-5(9)7(2)8/h3,8H,1,4H2,2H3,(H,6,9). The molecule has 0 aliphatic heterocycles. The molecule has 0 spiro atoms. The topological polar surface area (TPSA) is 35.5 Å². The van der Waals surface area contributed by atoms with E-state index >= 15 is 0 Å². The Bertz CT molecular complexity index is 114. The molecular formula is C5H10N2OS. The number of nitrogens with zero attached hydrogens (tertiary/aromatic N) is 1. The molecule has 0 rings (SSSR count). The molecule has 0 fully saturated rings. The Labute approximate surface area is 59.9 Å². The lowest BCUT2D eigenvalue weighted by molar-refractivity contribution is 0.0129. The highest BCUT2D eigenvalue weighted by Crippen LogP contribution is 1.75. The minimum Gasteiger partial charge on any atom is -0.357 e. The second kappa shape index (κ2) is 4.29. The fraction of sp³-hybridized carbons (Fsp3) is 0.400. The zero-order chi connectivity index (χ0) is 7.28. The predicted octanol–water partition coefficient (Wildman–Crippen LogP) is 0.368. The number of nitrogens with one attached hydrogen (secondary N) is 1. The van der Waals surface area contributed by atoms with Crippen LogP contribution in [-0.4, -0.2) is 29.0 Å². The Kier molecular flexibility index (Phi) is 4.00. The van der Waals surface area contributed by atoms with Crippen LogP contribution in [0.25, 0.3) is 0 Å². The number of hydrogen-bond acceptors (Lipinski definition) is 2. The summed E-state index contributed by atoms with van der Waals surface area (Å²) in [7, 11) is 1.46. The third-order valence-electron chi connectivity index (χ3n) is 0.692. The average Bonchev–Trinajstić information content (AvgIpc) is 1.82. The Balaban J connectivity index is 3.38. The lowest BCUT2D eigenvalue weighted by Gasteiger charge is -2.11. The SMILES string of the molecule is C=CCNC(=S)N(C)O. The predicted molar refractivity (Wildman–Crippen MR) is 40.3 cm³/mol. The van der Waals surface area contributed by atoms with E-state index in [4.69, 9.17) is 5.21 Å². The third-order valence-corrected chi connectivity index (χ3v) is 1.10. The van der Waals surface area contributed by atoms with Crippen molar-refractivity contribution in [3.8, 4) is 0 Å². The maximum absolute atomic E-state index is 8.64. The summed E-state index contributed by atoms with van der Waals surface area (Å²) in [4.78, 5) is 0. The minimum absolute atomic E-state index is 0.301. The molecule has 2 N–H and O–H groups in total. The van der Waals surface area contributed by atoms with E-state index in [1.807, 2.05) is 0 Å². The first-order valence-electron chi connectivity index (χ1n) is 2.49. The van der Waals surface area contributed by atoms with Gasteiger partial charge in [-0.3, -0.25) is 5.21 Å². The van der Waals surface area contributed by atoms with Crippen LogP contribution in [0.15, 0.2) is 12.7 Å². The first-order valence-corrected chi connectivity index (χ1v) is 2.90. The highest BCUT2D eigenvalue weighted by atomic mass is 32.1. The molecule has 9 heavy (non-hydrogen) atoms. The van der Waals surface area contributed by atoms with E-state index in [-0.39, 0.29) is 0 Å². The molecule has 0 atom stereocenters. The van der Waals surface area contributed by atoms with Gasteiger partial charge in [-0.05, 0) is 12.2 Å². The van der Waals surface area contributed by atoms with Crippen LogP contribution in [0.1, 0.15) is 0 Å². The molecule has 52 valence electrons. The zero-order valence-electron chi connectivity index (χ0n) is 5.29. The Morgan fingerprint density at radius 2 is 2.56 bits per heavy atom. The van der Waals surface area contributed by atoms with E-state index < -0.39 is 0 Å². The van der Waals surface area contributed by atoms with Crippen LogP contribution < -0.4 is 5.32 Å². The van der Waals surface area contributed by atoms with Crippen LogP contribution in [0.3, 0.4) is 0 Å². The van der Waals surface area contributed by atoms with Crippen molar-refractivity contribution in [2.75, 3.05) is 13.6 Å². The molecule has 0 aromatic heterocycles. The largest absolute Gasteiger partial charge is 0.357 e. The molecule has 0 unspecified atom stereocenters.